The molecule has 0 saturated carbocycles. The Balaban J connectivity index is 0.00000131. The summed E-state index contributed by atoms with van der Waals surface area (Å²) in [6.45, 7) is 6.71. The van der Waals surface area contributed by atoms with Crippen LogP contribution in [0.25, 0.3) is 11.8 Å². The molecule has 0 aliphatic heterocycles. The minimum absolute atomic E-state index is 0. The fourth-order valence-corrected chi connectivity index (χ4v) is 6.83. The number of allylic oxidation sites excluding steroid dienone is 5. The van der Waals surface area contributed by atoms with Crippen molar-refractivity contribution in [3.05, 3.63) is 80.5 Å². The normalized spacial score (nSPS) is 17.1. The fourth-order valence-electron chi connectivity index (χ4n) is 4.07. The second-order valence-corrected chi connectivity index (χ2v) is 9.46. The first-order chi connectivity index (χ1) is 12.2. The number of rotatable bonds is 5. The van der Waals surface area contributed by atoms with E-state index < -0.39 is 0 Å². The molecule has 0 amide bonds. The van der Waals surface area contributed by atoms with Gasteiger partial charge in [-0.25, -0.2) is 0 Å². The van der Waals surface area contributed by atoms with Gasteiger partial charge in [-0.15, -0.1) is 0 Å². The largest absolute Gasteiger partial charge is 1.00 e. The van der Waals surface area contributed by atoms with Crippen LogP contribution in [0.15, 0.2) is 58.1 Å². The Morgan fingerprint density at radius 2 is 1.93 bits per heavy atom. The molecule has 0 radical (unpaired) electrons. The first kappa shape index (κ1) is 22.3. The van der Waals surface area contributed by atoms with E-state index in [1.807, 2.05) is 0 Å². The zero-order chi connectivity index (χ0) is 17.4. The number of hydrogen-bond acceptors (Lipinski definition) is 0. The first-order valence-corrected chi connectivity index (χ1v) is 11.0. The van der Waals surface area contributed by atoms with Crippen LogP contribution in [0.5, 0.6) is 0 Å². The molecule has 0 bridgehead atoms. The molecule has 0 saturated heterocycles. The average molecular weight is 434 g/mol. The van der Waals surface area contributed by atoms with Crippen LogP contribution >= 0.6 is 0 Å². The summed E-state index contributed by atoms with van der Waals surface area (Å²) >= 11 is -0.230. The molecule has 4 rings (SSSR count). The molecular formula is C23H25Cl2NTi. The molecule has 2 aliphatic carbocycles. The molecule has 1 aromatic heterocycles. The molecule has 2 aromatic rings. The smallest absolute Gasteiger partial charge is 1.00 e. The summed E-state index contributed by atoms with van der Waals surface area (Å²) in [5.74, 6) is 0. The third-order valence-corrected chi connectivity index (χ3v) is 7.96. The Morgan fingerprint density at radius 3 is 2.63 bits per heavy atom. The number of nitrogens with zero attached hydrogens (tertiary/aromatic N) is 1. The minimum Gasteiger partial charge on any atom is -1.00 e. The van der Waals surface area contributed by atoms with E-state index in [2.05, 4.69) is 80.1 Å². The third kappa shape index (κ3) is 4.38. The summed E-state index contributed by atoms with van der Waals surface area (Å²) < 4.78 is 4.78. The van der Waals surface area contributed by atoms with Crippen LogP contribution in [0.1, 0.15) is 52.8 Å². The molecule has 1 nitrogen and oxygen atoms in total. The minimum atomic E-state index is -0.230. The number of aromatic nitrogens is 1. The summed E-state index contributed by atoms with van der Waals surface area (Å²) in [6.07, 6.45) is 13.2. The van der Waals surface area contributed by atoms with Gasteiger partial charge in [0.15, 0.2) is 0 Å². The van der Waals surface area contributed by atoms with Gasteiger partial charge in [0.05, 0.1) is 0 Å². The van der Waals surface area contributed by atoms with Crippen molar-refractivity contribution in [1.29, 1.82) is 0 Å². The predicted molar refractivity (Wildman–Crippen MR) is 103 cm³/mol. The van der Waals surface area contributed by atoms with Gasteiger partial charge in [-0.1, -0.05) is 0 Å². The van der Waals surface area contributed by atoms with Crippen molar-refractivity contribution in [1.82, 2.24) is 4.57 Å². The molecule has 2 aliphatic rings. The van der Waals surface area contributed by atoms with Gasteiger partial charge >= 0.3 is 160 Å². The van der Waals surface area contributed by atoms with Gasteiger partial charge in [0.1, 0.15) is 0 Å². The van der Waals surface area contributed by atoms with E-state index in [9.17, 15) is 0 Å². The molecule has 27 heavy (non-hydrogen) atoms. The van der Waals surface area contributed by atoms with Crippen LogP contribution in [-0.2, 0) is 19.2 Å². The second-order valence-electron chi connectivity index (χ2n) is 7.16. The Kier molecular flexibility index (Phi) is 7.83. The monoisotopic (exact) mass is 433 g/mol. The first-order valence-electron chi connectivity index (χ1n) is 9.29. The molecule has 1 aromatic carbocycles. The van der Waals surface area contributed by atoms with E-state index in [1.165, 1.54) is 41.8 Å². The van der Waals surface area contributed by atoms with Crippen molar-refractivity contribution in [2.45, 2.75) is 44.3 Å². The van der Waals surface area contributed by atoms with Crippen molar-refractivity contribution in [2.75, 3.05) is 0 Å². The average Bonchev–Trinajstić information content (AvgIpc) is 3.27. The van der Waals surface area contributed by atoms with Crippen molar-refractivity contribution >= 4 is 11.8 Å². The zero-order valence-electron chi connectivity index (χ0n) is 16.1. The number of halogens is 2. The van der Waals surface area contributed by atoms with Gasteiger partial charge in [-0.05, 0) is 0 Å². The van der Waals surface area contributed by atoms with Crippen molar-refractivity contribution in [3.63, 3.8) is 0 Å². The second kappa shape index (κ2) is 9.48. The number of benzene rings is 1. The Morgan fingerprint density at radius 1 is 1.15 bits per heavy atom. The molecule has 1 atom stereocenters. The van der Waals surface area contributed by atoms with Crippen molar-refractivity contribution in [3.8, 4) is 0 Å². The standard InChI is InChI=1S/C15H14N.C8H11.2ClH.Ti/c1-11-7-12(2)16(10-11)15-8-13-5-3-4-6-14(13)9-15;1-2-5-8-6-3-4-7-8;;;/h3-10H,1-2H3;3,6H,2,4-5H2,1H3;2*1H;/q;;;;+2/p-2. The molecule has 140 valence electrons. The Hall–Kier alpha value is -0.986. The summed E-state index contributed by atoms with van der Waals surface area (Å²) in [5.41, 5.74) is 8.77. The zero-order valence-corrected chi connectivity index (χ0v) is 19.2. The van der Waals surface area contributed by atoms with Gasteiger partial charge < -0.3 is 24.8 Å². The molecule has 0 spiro atoms. The number of aryl methyl sites for hydroxylation is 2. The van der Waals surface area contributed by atoms with Crippen molar-refractivity contribution in [2.24, 2.45) is 0 Å². The molecule has 0 N–H and O–H groups in total. The van der Waals surface area contributed by atoms with Gasteiger partial charge in [0.2, 0.25) is 0 Å². The maximum absolute atomic E-state index is 2.44. The Bertz CT molecular complexity index is 905. The summed E-state index contributed by atoms with van der Waals surface area (Å²) in [7, 11) is 0. The molecule has 0 fully saturated rings. The van der Waals surface area contributed by atoms with Crippen LogP contribution in [0.4, 0.5) is 0 Å². The van der Waals surface area contributed by atoms with E-state index in [-0.39, 0.29) is 44.0 Å². The summed E-state index contributed by atoms with van der Waals surface area (Å²) in [4.78, 5) is 0. The molecule has 1 unspecified atom stereocenters. The van der Waals surface area contributed by atoms with Crippen LogP contribution in [0.3, 0.4) is 0 Å². The maximum Gasteiger partial charge on any atom is -1.00 e. The van der Waals surface area contributed by atoms with E-state index >= 15 is 0 Å². The maximum atomic E-state index is 2.44. The quantitative estimate of drug-likeness (QED) is 0.596. The topological polar surface area (TPSA) is 4.93 Å². The van der Waals surface area contributed by atoms with Crippen LogP contribution in [0.2, 0.25) is 0 Å². The van der Waals surface area contributed by atoms with E-state index in [0.717, 1.165) is 0 Å². The van der Waals surface area contributed by atoms with E-state index in [0.29, 0.717) is 4.22 Å². The molecular weight excluding hydrogens is 409 g/mol. The number of fused-ring (bicyclic) bond motifs is 1. The number of hydrogen-bond donors (Lipinski definition) is 0. The fraction of sp³-hybridized carbons (Fsp3) is 0.304. The summed E-state index contributed by atoms with van der Waals surface area (Å²) in [5, 5.41) is 0. The van der Waals surface area contributed by atoms with Crippen LogP contribution < -0.4 is 24.8 Å². The van der Waals surface area contributed by atoms with Gasteiger partial charge in [-0.2, -0.15) is 0 Å². The van der Waals surface area contributed by atoms with Crippen molar-refractivity contribution < 1.29 is 44.0 Å². The van der Waals surface area contributed by atoms with E-state index in [1.54, 1.807) is 15.0 Å². The molecule has 4 heteroatoms. The van der Waals surface area contributed by atoms with Crippen LogP contribution in [0, 0.1) is 13.8 Å². The predicted octanol–water partition coefficient (Wildman–Crippen LogP) is 0.262. The van der Waals surface area contributed by atoms with Gasteiger partial charge in [0.25, 0.3) is 0 Å². The van der Waals surface area contributed by atoms with Crippen LogP contribution in [-0.4, -0.2) is 4.57 Å². The molecule has 1 heterocycles. The van der Waals surface area contributed by atoms with E-state index in [4.69, 9.17) is 0 Å². The third-order valence-electron chi connectivity index (χ3n) is 5.20. The Labute approximate surface area is 184 Å². The van der Waals surface area contributed by atoms with Gasteiger partial charge in [-0.3, -0.25) is 0 Å². The van der Waals surface area contributed by atoms with Gasteiger partial charge in [0, 0.05) is 0 Å². The summed E-state index contributed by atoms with van der Waals surface area (Å²) in [6, 6.07) is 11.3. The SMILES string of the molecule is CCCC1=[C]([Ti+2][CH]2C(n3cc(C)cc3C)=Cc3ccccc32)CC=C1.[Cl-].[Cl-].